The zero-order valence-corrected chi connectivity index (χ0v) is 8.24. The Kier molecular flexibility index (Phi) is 2.92. The number of hydrogen-bond donors (Lipinski definition) is 0. The van der Waals surface area contributed by atoms with Crippen molar-refractivity contribution < 1.29 is 9.53 Å². The molecule has 0 atom stereocenters. The van der Waals surface area contributed by atoms with E-state index in [1.54, 1.807) is 19.2 Å². The highest BCUT2D eigenvalue weighted by Crippen LogP contribution is 2.05. The Morgan fingerprint density at radius 1 is 1.82 bits per heavy atom. The maximum Gasteiger partial charge on any atom is 0.418 e. The molecule has 3 nitrogen and oxygen atoms in total. The minimum Gasteiger partial charge on any atom is -0.449 e. The summed E-state index contributed by atoms with van der Waals surface area (Å²) >= 11 is 2.07. The lowest BCUT2D eigenvalue weighted by molar-refractivity contribution is 0.153. The SMILES string of the molecule is CCOC(=O)n1cccc1I. The van der Waals surface area contributed by atoms with Crippen LogP contribution in [0.15, 0.2) is 18.3 Å². The third-order valence-electron chi connectivity index (χ3n) is 1.16. The Labute approximate surface area is 78.5 Å². The summed E-state index contributed by atoms with van der Waals surface area (Å²) in [6.45, 7) is 2.20. The van der Waals surface area contributed by atoms with Gasteiger partial charge < -0.3 is 4.74 Å². The molecule has 1 aromatic heterocycles. The van der Waals surface area contributed by atoms with Crippen LogP contribution in [0, 0.1) is 3.70 Å². The lowest BCUT2D eigenvalue weighted by Crippen LogP contribution is -2.13. The van der Waals surface area contributed by atoms with E-state index in [0.717, 1.165) is 3.70 Å². The molecule has 0 saturated heterocycles. The van der Waals surface area contributed by atoms with Gasteiger partial charge in [-0.05, 0) is 41.6 Å². The fraction of sp³-hybridized carbons (Fsp3) is 0.286. The van der Waals surface area contributed by atoms with Gasteiger partial charge in [-0.3, -0.25) is 0 Å². The highest BCUT2D eigenvalue weighted by Gasteiger charge is 2.05. The molecule has 4 heteroatoms. The summed E-state index contributed by atoms with van der Waals surface area (Å²) in [5.41, 5.74) is 0. The van der Waals surface area contributed by atoms with Gasteiger partial charge in [-0.15, -0.1) is 0 Å². The number of rotatable bonds is 1. The summed E-state index contributed by atoms with van der Waals surface area (Å²) in [4.78, 5) is 11.1. The molecule has 0 aliphatic heterocycles. The van der Waals surface area contributed by atoms with E-state index in [1.165, 1.54) is 4.57 Å². The molecule has 60 valence electrons. The van der Waals surface area contributed by atoms with Crippen molar-refractivity contribution in [2.75, 3.05) is 6.61 Å². The van der Waals surface area contributed by atoms with Crippen molar-refractivity contribution in [3.05, 3.63) is 22.0 Å². The molecule has 0 amide bonds. The average Bonchev–Trinajstić information content (AvgIpc) is 2.36. The highest BCUT2D eigenvalue weighted by atomic mass is 127. The van der Waals surface area contributed by atoms with Crippen molar-refractivity contribution >= 4 is 28.7 Å². The standard InChI is InChI=1S/C7H8INO2/c1-2-11-7(10)9-5-3-4-6(9)8/h3-5H,2H2,1H3. The van der Waals surface area contributed by atoms with Crippen LogP contribution in [0.5, 0.6) is 0 Å². The maximum absolute atomic E-state index is 11.1. The Hall–Kier alpha value is -0.520. The van der Waals surface area contributed by atoms with Crippen molar-refractivity contribution in [1.29, 1.82) is 0 Å². The van der Waals surface area contributed by atoms with E-state index in [4.69, 9.17) is 4.74 Å². The lowest BCUT2D eigenvalue weighted by Gasteiger charge is -2.02. The number of aromatic nitrogens is 1. The number of halogens is 1. The largest absolute Gasteiger partial charge is 0.449 e. The quantitative estimate of drug-likeness (QED) is 0.728. The topological polar surface area (TPSA) is 31.2 Å². The van der Waals surface area contributed by atoms with Crippen LogP contribution in [0.3, 0.4) is 0 Å². The van der Waals surface area contributed by atoms with E-state index >= 15 is 0 Å². The third kappa shape index (κ3) is 1.95. The molecular formula is C7H8INO2. The van der Waals surface area contributed by atoms with Gasteiger partial charge >= 0.3 is 6.09 Å². The average molecular weight is 265 g/mol. The summed E-state index contributed by atoms with van der Waals surface area (Å²) in [5, 5.41) is 0. The van der Waals surface area contributed by atoms with Crippen molar-refractivity contribution in [3.63, 3.8) is 0 Å². The molecule has 0 aliphatic carbocycles. The second-order valence-corrected chi connectivity index (χ2v) is 3.01. The number of ether oxygens (including phenoxy) is 1. The fourth-order valence-corrected chi connectivity index (χ4v) is 1.27. The molecule has 0 fully saturated rings. The fourth-order valence-electron chi connectivity index (χ4n) is 0.701. The van der Waals surface area contributed by atoms with Gasteiger partial charge in [0.1, 0.15) is 0 Å². The first-order valence-electron chi connectivity index (χ1n) is 3.25. The zero-order valence-electron chi connectivity index (χ0n) is 6.08. The van der Waals surface area contributed by atoms with Gasteiger partial charge in [0, 0.05) is 6.20 Å². The summed E-state index contributed by atoms with van der Waals surface area (Å²) < 4.78 is 7.11. The molecule has 0 spiro atoms. The van der Waals surface area contributed by atoms with Gasteiger partial charge in [0.15, 0.2) is 0 Å². The first kappa shape index (κ1) is 8.58. The normalized spacial score (nSPS) is 9.64. The van der Waals surface area contributed by atoms with Gasteiger partial charge in [0.2, 0.25) is 0 Å². The van der Waals surface area contributed by atoms with Crippen LogP contribution >= 0.6 is 22.6 Å². The Bertz CT molecular complexity index is 257. The molecule has 11 heavy (non-hydrogen) atoms. The number of carbonyl (C=O) groups excluding carboxylic acids is 1. The van der Waals surface area contributed by atoms with Crippen molar-refractivity contribution in [2.45, 2.75) is 6.92 Å². The van der Waals surface area contributed by atoms with E-state index < -0.39 is 0 Å². The summed E-state index contributed by atoms with van der Waals surface area (Å²) in [7, 11) is 0. The predicted octanol–water partition coefficient (Wildman–Crippen LogP) is 2.10. The molecule has 1 aromatic rings. The summed E-state index contributed by atoms with van der Waals surface area (Å²) in [5.74, 6) is 0. The van der Waals surface area contributed by atoms with Crippen LogP contribution in [-0.2, 0) is 4.74 Å². The number of nitrogens with zero attached hydrogens (tertiary/aromatic N) is 1. The van der Waals surface area contributed by atoms with Crippen LogP contribution in [0.1, 0.15) is 6.92 Å². The summed E-state index contributed by atoms with van der Waals surface area (Å²) in [6.07, 6.45) is 1.36. The lowest BCUT2D eigenvalue weighted by atomic mass is 10.7. The van der Waals surface area contributed by atoms with E-state index in [2.05, 4.69) is 22.6 Å². The van der Waals surface area contributed by atoms with Crippen LogP contribution in [0.2, 0.25) is 0 Å². The van der Waals surface area contributed by atoms with E-state index in [-0.39, 0.29) is 6.09 Å². The van der Waals surface area contributed by atoms with Crippen LogP contribution < -0.4 is 0 Å². The minimum absolute atomic E-state index is 0.318. The monoisotopic (exact) mass is 265 g/mol. The molecular weight excluding hydrogens is 257 g/mol. The Morgan fingerprint density at radius 3 is 3.00 bits per heavy atom. The van der Waals surface area contributed by atoms with Crippen LogP contribution in [-0.4, -0.2) is 17.3 Å². The third-order valence-corrected chi connectivity index (χ3v) is 2.04. The maximum atomic E-state index is 11.1. The second kappa shape index (κ2) is 3.75. The molecule has 0 saturated carbocycles. The smallest absolute Gasteiger partial charge is 0.418 e. The molecule has 0 aromatic carbocycles. The summed E-state index contributed by atoms with van der Waals surface area (Å²) in [6, 6.07) is 3.65. The number of carbonyl (C=O) groups is 1. The first-order valence-corrected chi connectivity index (χ1v) is 4.33. The molecule has 1 rings (SSSR count). The van der Waals surface area contributed by atoms with Crippen molar-refractivity contribution in [1.82, 2.24) is 4.57 Å². The molecule has 0 bridgehead atoms. The molecule has 0 unspecified atom stereocenters. The Morgan fingerprint density at radius 2 is 2.55 bits per heavy atom. The molecule has 0 aliphatic rings. The van der Waals surface area contributed by atoms with Crippen molar-refractivity contribution in [3.8, 4) is 0 Å². The predicted molar refractivity (Wildman–Crippen MR) is 49.6 cm³/mol. The molecule has 1 heterocycles. The van der Waals surface area contributed by atoms with Gasteiger partial charge in [0.05, 0.1) is 10.3 Å². The van der Waals surface area contributed by atoms with Gasteiger partial charge in [-0.25, -0.2) is 9.36 Å². The molecule has 0 radical (unpaired) electrons. The second-order valence-electron chi connectivity index (χ2n) is 1.90. The van der Waals surface area contributed by atoms with E-state index in [1.807, 2.05) is 6.07 Å². The van der Waals surface area contributed by atoms with Gasteiger partial charge in [-0.1, -0.05) is 0 Å². The minimum atomic E-state index is -0.318. The van der Waals surface area contributed by atoms with E-state index in [9.17, 15) is 4.79 Å². The van der Waals surface area contributed by atoms with E-state index in [0.29, 0.717) is 6.61 Å². The van der Waals surface area contributed by atoms with Gasteiger partial charge in [-0.2, -0.15) is 0 Å². The van der Waals surface area contributed by atoms with Gasteiger partial charge in [0.25, 0.3) is 0 Å². The van der Waals surface area contributed by atoms with Crippen LogP contribution in [0.25, 0.3) is 0 Å². The molecule has 0 N–H and O–H groups in total. The van der Waals surface area contributed by atoms with Crippen LogP contribution in [0.4, 0.5) is 4.79 Å². The number of hydrogen-bond acceptors (Lipinski definition) is 2. The van der Waals surface area contributed by atoms with Crippen molar-refractivity contribution in [2.24, 2.45) is 0 Å². The highest BCUT2D eigenvalue weighted by molar-refractivity contribution is 14.1. The first-order chi connectivity index (χ1) is 5.25. The zero-order chi connectivity index (χ0) is 8.27. The Balaban J connectivity index is 2.76.